The monoisotopic (exact) mass is 221 g/mol. The summed E-state index contributed by atoms with van der Waals surface area (Å²) in [5.74, 6) is 0.569. The number of nitrogens with zero attached hydrogens (tertiary/aromatic N) is 1. The number of nitrogens with one attached hydrogen (secondary N) is 1. The van der Waals surface area contributed by atoms with Gasteiger partial charge in [0.05, 0.1) is 0 Å². The van der Waals surface area contributed by atoms with Crippen molar-refractivity contribution in [1.29, 1.82) is 0 Å². The van der Waals surface area contributed by atoms with Crippen LogP contribution in [-0.4, -0.2) is 16.6 Å². The van der Waals surface area contributed by atoms with Crippen molar-refractivity contribution in [2.45, 2.75) is 39.2 Å². The molecule has 0 radical (unpaired) electrons. The quantitative estimate of drug-likeness (QED) is 0.805. The van der Waals surface area contributed by atoms with Crippen LogP contribution >= 0.6 is 0 Å². The van der Waals surface area contributed by atoms with E-state index in [-0.39, 0.29) is 11.9 Å². The zero-order chi connectivity index (χ0) is 11.7. The maximum atomic E-state index is 11.7. The van der Waals surface area contributed by atoms with Crippen LogP contribution in [0.4, 0.5) is 0 Å². The van der Waals surface area contributed by atoms with Gasteiger partial charge in [-0.15, -0.1) is 0 Å². The molecule has 0 aliphatic heterocycles. The number of hydrogen-bond acceptors (Lipinski definition) is 2. The highest BCUT2D eigenvalue weighted by Gasteiger charge is 2.29. The van der Waals surface area contributed by atoms with Crippen molar-refractivity contribution in [3.63, 3.8) is 0 Å². The maximum absolute atomic E-state index is 11.7. The molecule has 0 bridgehead atoms. The third-order valence-electron chi connectivity index (χ3n) is 3.16. The molecule has 0 aromatic carbocycles. The highest BCUT2D eigenvalue weighted by Crippen LogP contribution is 2.32. The van der Waals surface area contributed by atoms with Gasteiger partial charge in [0.15, 0.2) is 0 Å². The molecule has 3 N–H and O–H groups in total. The van der Waals surface area contributed by atoms with Gasteiger partial charge in [-0.1, -0.05) is 0 Å². The smallest absolute Gasteiger partial charge is 0.240 e. The van der Waals surface area contributed by atoms with Crippen LogP contribution in [0.15, 0.2) is 12.1 Å². The number of carbonyl (C=O) groups is 1. The third kappa shape index (κ3) is 2.44. The molecular weight excluding hydrogens is 202 g/mol. The van der Waals surface area contributed by atoms with Gasteiger partial charge in [0.25, 0.3) is 0 Å². The van der Waals surface area contributed by atoms with Crippen molar-refractivity contribution in [2.24, 2.45) is 11.7 Å². The number of aromatic nitrogens is 1. The molecule has 1 amide bonds. The molecule has 1 saturated carbocycles. The third-order valence-corrected chi connectivity index (χ3v) is 3.16. The Kier molecular flexibility index (Phi) is 3.01. The lowest BCUT2D eigenvalue weighted by Crippen LogP contribution is -2.32. The van der Waals surface area contributed by atoms with Gasteiger partial charge in [0.2, 0.25) is 5.91 Å². The highest BCUT2D eigenvalue weighted by atomic mass is 16.2. The predicted octanol–water partition coefficient (Wildman–Crippen LogP) is 1.30. The van der Waals surface area contributed by atoms with E-state index in [1.165, 1.54) is 12.8 Å². The van der Waals surface area contributed by atoms with Crippen molar-refractivity contribution in [3.05, 3.63) is 23.5 Å². The fourth-order valence-corrected chi connectivity index (χ4v) is 1.92. The lowest BCUT2D eigenvalue weighted by atomic mass is 10.1. The summed E-state index contributed by atoms with van der Waals surface area (Å²) in [6.07, 6.45) is 2.77. The summed E-state index contributed by atoms with van der Waals surface area (Å²) < 4.78 is 1.81. The number of amides is 1. The van der Waals surface area contributed by atoms with Crippen LogP contribution in [0.2, 0.25) is 0 Å². The van der Waals surface area contributed by atoms with Gasteiger partial charge in [0.1, 0.15) is 0 Å². The molecule has 1 aliphatic rings. The fraction of sp³-hybridized carbons (Fsp3) is 0.583. The molecule has 1 heterocycles. The molecule has 1 atom stereocenters. The Morgan fingerprint density at radius 1 is 1.50 bits per heavy atom. The average molecular weight is 221 g/mol. The number of nitrogens with two attached hydrogens (primary N) is 1. The molecule has 88 valence electrons. The van der Waals surface area contributed by atoms with Crippen LogP contribution in [0.1, 0.15) is 30.7 Å². The predicted molar refractivity (Wildman–Crippen MR) is 63.6 cm³/mol. The molecular formula is C12H19N3O. The summed E-state index contributed by atoms with van der Waals surface area (Å²) >= 11 is 0. The number of rotatable bonds is 4. The van der Waals surface area contributed by atoms with E-state index >= 15 is 0 Å². The zero-order valence-corrected chi connectivity index (χ0v) is 9.86. The van der Waals surface area contributed by atoms with E-state index < -0.39 is 0 Å². The second-order valence-corrected chi connectivity index (χ2v) is 4.69. The first kappa shape index (κ1) is 11.2. The van der Waals surface area contributed by atoms with E-state index in [1.807, 2.05) is 30.7 Å². The topological polar surface area (TPSA) is 60.0 Å². The van der Waals surface area contributed by atoms with Crippen molar-refractivity contribution in [1.82, 2.24) is 4.68 Å². The largest absolute Gasteiger partial charge is 0.327 e. The second-order valence-electron chi connectivity index (χ2n) is 4.69. The zero-order valence-electron chi connectivity index (χ0n) is 9.86. The first-order valence-corrected chi connectivity index (χ1v) is 5.78. The minimum atomic E-state index is 0.00167. The molecule has 4 heteroatoms. The van der Waals surface area contributed by atoms with Crippen LogP contribution in [0.3, 0.4) is 0 Å². The molecule has 0 saturated heterocycles. The van der Waals surface area contributed by atoms with Crippen LogP contribution in [0.5, 0.6) is 0 Å². The van der Waals surface area contributed by atoms with E-state index in [2.05, 4.69) is 5.43 Å². The van der Waals surface area contributed by atoms with Crippen molar-refractivity contribution >= 4 is 5.91 Å². The summed E-state index contributed by atoms with van der Waals surface area (Å²) in [7, 11) is 0. The van der Waals surface area contributed by atoms with Gasteiger partial charge >= 0.3 is 0 Å². The van der Waals surface area contributed by atoms with Crippen LogP contribution in [0.25, 0.3) is 0 Å². The summed E-state index contributed by atoms with van der Waals surface area (Å²) in [5.41, 5.74) is 10.9. The molecule has 1 aliphatic carbocycles. The van der Waals surface area contributed by atoms with Crippen LogP contribution in [-0.2, 0) is 4.79 Å². The second kappa shape index (κ2) is 4.29. The summed E-state index contributed by atoms with van der Waals surface area (Å²) in [6, 6.07) is 3.99. The maximum Gasteiger partial charge on any atom is 0.240 e. The number of carbonyl (C=O) groups excluding carboxylic acids is 1. The van der Waals surface area contributed by atoms with Crippen LogP contribution < -0.4 is 11.2 Å². The fourth-order valence-electron chi connectivity index (χ4n) is 1.92. The standard InChI is InChI=1S/C12H19N3O/c1-8-3-4-9(2)15(8)14-12(16)7-11(13)10-5-6-10/h3-4,10-11H,5-7,13H2,1-2H3,(H,14,16). The van der Waals surface area contributed by atoms with E-state index in [0.29, 0.717) is 12.3 Å². The Balaban J connectivity index is 1.91. The van der Waals surface area contributed by atoms with Crippen molar-refractivity contribution in [3.8, 4) is 0 Å². The Labute approximate surface area is 95.8 Å². The Bertz CT molecular complexity index is 373. The highest BCUT2D eigenvalue weighted by molar-refractivity contribution is 5.84. The van der Waals surface area contributed by atoms with Gasteiger partial charge in [0, 0.05) is 23.9 Å². The minimum Gasteiger partial charge on any atom is -0.327 e. The Hall–Kier alpha value is -1.29. The molecule has 0 spiro atoms. The van der Waals surface area contributed by atoms with Gasteiger partial charge in [-0.05, 0) is 44.7 Å². The lowest BCUT2D eigenvalue weighted by molar-refractivity contribution is -0.117. The number of aryl methyl sites for hydroxylation is 2. The SMILES string of the molecule is Cc1ccc(C)n1NC(=O)CC(N)C1CC1. The lowest BCUT2D eigenvalue weighted by Gasteiger charge is -2.14. The summed E-state index contributed by atoms with van der Waals surface area (Å²) in [4.78, 5) is 11.7. The van der Waals surface area contributed by atoms with Gasteiger partial charge in [-0.3, -0.25) is 14.9 Å². The van der Waals surface area contributed by atoms with Crippen molar-refractivity contribution < 1.29 is 4.79 Å². The van der Waals surface area contributed by atoms with E-state index in [9.17, 15) is 4.79 Å². The molecule has 1 aromatic heterocycles. The van der Waals surface area contributed by atoms with Crippen molar-refractivity contribution in [2.75, 3.05) is 5.43 Å². The molecule has 1 unspecified atom stereocenters. The molecule has 1 aromatic rings. The normalized spacial score (nSPS) is 17.2. The van der Waals surface area contributed by atoms with E-state index in [1.54, 1.807) is 0 Å². The van der Waals surface area contributed by atoms with Gasteiger partial charge in [-0.2, -0.15) is 0 Å². The van der Waals surface area contributed by atoms with Gasteiger partial charge < -0.3 is 5.73 Å². The first-order valence-electron chi connectivity index (χ1n) is 5.78. The van der Waals surface area contributed by atoms with Gasteiger partial charge in [-0.25, -0.2) is 0 Å². The molecule has 4 nitrogen and oxygen atoms in total. The molecule has 2 rings (SSSR count). The average Bonchev–Trinajstić information content (AvgIpc) is 3.01. The van der Waals surface area contributed by atoms with Crippen LogP contribution in [0, 0.1) is 19.8 Å². The number of hydrogen-bond donors (Lipinski definition) is 2. The molecule has 1 fully saturated rings. The van der Waals surface area contributed by atoms with E-state index in [4.69, 9.17) is 5.73 Å². The summed E-state index contributed by atoms with van der Waals surface area (Å²) in [6.45, 7) is 3.93. The first-order chi connectivity index (χ1) is 7.58. The summed E-state index contributed by atoms with van der Waals surface area (Å²) in [5, 5.41) is 0. The Morgan fingerprint density at radius 2 is 2.06 bits per heavy atom. The van der Waals surface area contributed by atoms with E-state index in [0.717, 1.165) is 11.4 Å². The minimum absolute atomic E-state index is 0.00167. The molecule has 16 heavy (non-hydrogen) atoms. The Morgan fingerprint density at radius 3 is 2.56 bits per heavy atom.